The second-order valence-electron chi connectivity index (χ2n) is 7.33. The van der Waals surface area contributed by atoms with Crippen LogP contribution in [0.5, 0.6) is 0 Å². The zero-order valence-electron chi connectivity index (χ0n) is 17.7. The lowest BCUT2D eigenvalue weighted by Crippen LogP contribution is -2.19. The first-order valence-corrected chi connectivity index (χ1v) is 11.3. The van der Waals surface area contributed by atoms with E-state index in [0.717, 1.165) is 22.7 Å². The molecular formula is C24H31ClN2O2S. The largest absolute Gasteiger partial charge is 0.445 e. The summed E-state index contributed by atoms with van der Waals surface area (Å²) in [5, 5.41) is 4.01. The smallest absolute Gasteiger partial charge is 0.404 e. The number of halogens is 1. The molecule has 0 bridgehead atoms. The third kappa shape index (κ3) is 7.96. The minimum absolute atomic E-state index is 0.222. The Morgan fingerprint density at radius 1 is 1.13 bits per heavy atom. The summed E-state index contributed by atoms with van der Waals surface area (Å²) in [6.45, 7) is 4.22. The first-order chi connectivity index (χ1) is 14.5. The molecule has 162 valence electrons. The molecule has 0 spiro atoms. The zero-order chi connectivity index (χ0) is 21.9. The van der Waals surface area contributed by atoms with Crippen LogP contribution in [0.3, 0.4) is 0 Å². The van der Waals surface area contributed by atoms with Crippen LogP contribution >= 0.6 is 23.8 Å². The van der Waals surface area contributed by atoms with Gasteiger partial charge in [-0.2, -0.15) is 0 Å². The number of nitrogens with one attached hydrogen (secondary N) is 1. The van der Waals surface area contributed by atoms with Crippen molar-refractivity contribution in [3.63, 3.8) is 0 Å². The van der Waals surface area contributed by atoms with E-state index in [1.807, 2.05) is 50.2 Å². The molecule has 1 aliphatic rings. The van der Waals surface area contributed by atoms with Crippen LogP contribution < -0.4 is 11.1 Å². The van der Waals surface area contributed by atoms with E-state index in [-0.39, 0.29) is 6.61 Å². The van der Waals surface area contributed by atoms with Crippen molar-refractivity contribution in [1.82, 2.24) is 0 Å². The van der Waals surface area contributed by atoms with Crippen LogP contribution in [0.1, 0.15) is 63.0 Å². The number of hydrogen-bond acceptors (Lipinski definition) is 3. The lowest BCUT2D eigenvalue weighted by molar-refractivity contribution is 0.150. The van der Waals surface area contributed by atoms with Gasteiger partial charge in [-0.3, -0.25) is 0 Å². The van der Waals surface area contributed by atoms with Crippen LogP contribution in [0.4, 0.5) is 10.5 Å². The SMILES string of the molecule is CC.NC(=O)OCc1ccc(C2CCC(CC(=S)Nc3cccc(Cl)c3)CC2)cc1. The number of nitrogens with two attached hydrogens (primary N) is 1. The summed E-state index contributed by atoms with van der Waals surface area (Å²) in [5.41, 5.74) is 8.25. The van der Waals surface area contributed by atoms with Gasteiger partial charge in [-0.05, 0) is 66.8 Å². The molecule has 0 saturated heterocycles. The minimum Gasteiger partial charge on any atom is -0.445 e. The van der Waals surface area contributed by atoms with Crippen LogP contribution in [0, 0.1) is 5.92 Å². The summed E-state index contributed by atoms with van der Waals surface area (Å²) >= 11 is 11.6. The quantitative estimate of drug-likeness (QED) is 0.466. The summed E-state index contributed by atoms with van der Waals surface area (Å²) in [5.74, 6) is 1.20. The molecule has 6 heteroatoms. The molecule has 1 saturated carbocycles. The van der Waals surface area contributed by atoms with Crippen molar-refractivity contribution in [2.24, 2.45) is 11.7 Å². The third-order valence-corrected chi connectivity index (χ3v) is 5.77. The Labute approximate surface area is 190 Å². The second-order valence-corrected chi connectivity index (χ2v) is 8.26. The van der Waals surface area contributed by atoms with Crippen molar-refractivity contribution in [2.75, 3.05) is 5.32 Å². The summed E-state index contributed by atoms with van der Waals surface area (Å²) in [6.07, 6.45) is 4.86. The number of amides is 1. The zero-order valence-corrected chi connectivity index (χ0v) is 19.3. The lowest BCUT2D eigenvalue weighted by atomic mass is 9.77. The van der Waals surface area contributed by atoms with Gasteiger partial charge in [0.25, 0.3) is 0 Å². The number of carbonyl (C=O) groups excluding carboxylic acids is 1. The number of rotatable bonds is 6. The molecule has 2 aromatic carbocycles. The normalized spacial score (nSPS) is 18.0. The van der Waals surface area contributed by atoms with E-state index in [0.29, 0.717) is 16.9 Å². The highest BCUT2D eigenvalue weighted by molar-refractivity contribution is 7.80. The minimum atomic E-state index is -0.745. The van der Waals surface area contributed by atoms with Gasteiger partial charge in [0, 0.05) is 17.1 Å². The van der Waals surface area contributed by atoms with Crippen molar-refractivity contribution in [1.29, 1.82) is 0 Å². The fourth-order valence-corrected chi connectivity index (χ4v) is 4.32. The maximum Gasteiger partial charge on any atom is 0.404 e. The Morgan fingerprint density at radius 2 is 1.80 bits per heavy atom. The molecule has 4 nitrogen and oxygen atoms in total. The summed E-state index contributed by atoms with van der Waals surface area (Å²) in [4.78, 5) is 11.6. The monoisotopic (exact) mass is 446 g/mol. The number of anilines is 1. The lowest BCUT2D eigenvalue weighted by Gasteiger charge is -2.29. The molecular weight excluding hydrogens is 416 g/mol. The molecule has 0 radical (unpaired) electrons. The molecule has 0 atom stereocenters. The Balaban J connectivity index is 0.00000155. The number of hydrogen-bond donors (Lipinski definition) is 2. The van der Waals surface area contributed by atoms with Crippen LogP contribution in [0.2, 0.25) is 5.02 Å². The maximum absolute atomic E-state index is 10.7. The molecule has 0 aromatic heterocycles. The Hall–Kier alpha value is -2.11. The molecule has 0 heterocycles. The number of carbonyl (C=O) groups is 1. The summed E-state index contributed by atoms with van der Waals surface area (Å²) < 4.78 is 4.83. The molecule has 1 fully saturated rings. The van der Waals surface area contributed by atoms with Crippen molar-refractivity contribution in [2.45, 2.75) is 58.5 Å². The molecule has 3 N–H and O–H groups in total. The van der Waals surface area contributed by atoms with Gasteiger partial charge in [0.15, 0.2) is 0 Å². The molecule has 30 heavy (non-hydrogen) atoms. The van der Waals surface area contributed by atoms with Gasteiger partial charge >= 0.3 is 6.09 Å². The molecule has 0 unspecified atom stereocenters. The number of primary amides is 1. The van der Waals surface area contributed by atoms with E-state index in [1.165, 1.54) is 31.2 Å². The fourth-order valence-electron chi connectivity index (χ4n) is 3.78. The van der Waals surface area contributed by atoms with Crippen molar-refractivity contribution in [3.8, 4) is 0 Å². The fraction of sp³-hybridized carbons (Fsp3) is 0.417. The van der Waals surface area contributed by atoms with E-state index in [4.69, 9.17) is 34.3 Å². The van der Waals surface area contributed by atoms with Crippen LogP contribution in [0.15, 0.2) is 48.5 Å². The number of ether oxygens (including phenoxy) is 1. The highest BCUT2D eigenvalue weighted by Gasteiger charge is 2.23. The molecule has 0 aliphatic heterocycles. The van der Waals surface area contributed by atoms with E-state index >= 15 is 0 Å². The average molecular weight is 447 g/mol. The Morgan fingerprint density at radius 3 is 2.40 bits per heavy atom. The van der Waals surface area contributed by atoms with Gasteiger partial charge in [-0.15, -0.1) is 0 Å². The second kappa shape index (κ2) is 12.6. The molecule has 2 aromatic rings. The standard InChI is InChI=1S/C22H25ClN2O2S.C2H6/c23-19-2-1-3-20(13-19)25-21(28)12-15-4-8-17(9-5-15)18-10-6-16(7-11-18)14-27-22(24)26;1-2/h1-3,6-7,10-11,13,15,17H,4-5,8-9,12,14H2,(H2,24,26)(H,25,28);1-2H3. The van der Waals surface area contributed by atoms with E-state index in [2.05, 4.69) is 17.4 Å². The van der Waals surface area contributed by atoms with Gasteiger partial charge in [-0.1, -0.05) is 68.0 Å². The molecule has 3 rings (SSSR count). The van der Waals surface area contributed by atoms with Gasteiger partial charge in [0.2, 0.25) is 0 Å². The summed E-state index contributed by atoms with van der Waals surface area (Å²) in [6, 6.07) is 15.9. The highest BCUT2D eigenvalue weighted by atomic mass is 35.5. The van der Waals surface area contributed by atoms with E-state index in [1.54, 1.807) is 0 Å². The predicted octanol–water partition coefficient (Wildman–Crippen LogP) is 7.06. The molecule has 1 aliphatic carbocycles. The Bertz CT molecular complexity index is 818. The van der Waals surface area contributed by atoms with Crippen LogP contribution in [-0.4, -0.2) is 11.1 Å². The first-order valence-electron chi connectivity index (χ1n) is 10.6. The average Bonchev–Trinajstić information content (AvgIpc) is 2.74. The highest BCUT2D eigenvalue weighted by Crippen LogP contribution is 2.37. The number of benzene rings is 2. The van der Waals surface area contributed by atoms with E-state index in [9.17, 15) is 4.79 Å². The topological polar surface area (TPSA) is 64.4 Å². The Kier molecular flexibility index (Phi) is 10.1. The van der Waals surface area contributed by atoms with Gasteiger partial charge in [0.1, 0.15) is 6.61 Å². The van der Waals surface area contributed by atoms with Crippen molar-refractivity contribution >= 4 is 40.6 Å². The maximum atomic E-state index is 10.7. The van der Waals surface area contributed by atoms with Crippen molar-refractivity contribution in [3.05, 3.63) is 64.7 Å². The van der Waals surface area contributed by atoms with Gasteiger partial charge in [-0.25, -0.2) is 4.79 Å². The first kappa shape index (κ1) is 24.2. The third-order valence-electron chi connectivity index (χ3n) is 5.26. The number of thiocarbonyl (C=S) groups is 1. The predicted molar refractivity (Wildman–Crippen MR) is 129 cm³/mol. The van der Waals surface area contributed by atoms with E-state index < -0.39 is 6.09 Å². The van der Waals surface area contributed by atoms with Crippen LogP contribution in [0.25, 0.3) is 0 Å². The van der Waals surface area contributed by atoms with Gasteiger partial charge in [0.05, 0.1) is 4.99 Å². The van der Waals surface area contributed by atoms with Crippen molar-refractivity contribution < 1.29 is 9.53 Å². The van der Waals surface area contributed by atoms with Gasteiger partial charge < -0.3 is 15.8 Å². The molecule has 1 amide bonds. The summed E-state index contributed by atoms with van der Waals surface area (Å²) in [7, 11) is 0. The van der Waals surface area contributed by atoms with Crippen LogP contribution in [-0.2, 0) is 11.3 Å².